The number of rotatable bonds is 2. The predicted octanol–water partition coefficient (Wildman–Crippen LogP) is 1.08. The van der Waals surface area contributed by atoms with Crippen LogP contribution in [0.25, 0.3) is 0 Å². The van der Waals surface area contributed by atoms with Crippen LogP contribution >= 0.6 is 0 Å². The third kappa shape index (κ3) is 2.56. The van der Waals surface area contributed by atoms with Gasteiger partial charge in [-0.2, -0.15) is 0 Å². The molecule has 1 aromatic carbocycles. The Morgan fingerprint density at radius 1 is 1.33 bits per heavy atom. The first-order chi connectivity index (χ1) is 10.0. The van der Waals surface area contributed by atoms with E-state index in [0.717, 1.165) is 5.56 Å². The molecule has 0 bridgehead atoms. The standard InChI is InChI=1S/C15H16N2O4/c1-8(2)20-15(19)9-3-4-12-10(5-9)6-11-13(18)16-7-17-14(11)21-12/h3-5,8,17H,6-7H2,1-2H3,(H,16,18). The van der Waals surface area contributed by atoms with Gasteiger partial charge in [0.2, 0.25) is 5.88 Å². The van der Waals surface area contributed by atoms with Crippen LogP contribution in [0.15, 0.2) is 29.7 Å². The van der Waals surface area contributed by atoms with E-state index in [1.807, 2.05) is 0 Å². The summed E-state index contributed by atoms with van der Waals surface area (Å²) in [4.78, 5) is 23.7. The molecule has 2 aliphatic rings. The molecular weight excluding hydrogens is 272 g/mol. The zero-order chi connectivity index (χ0) is 15.0. The first-order valence-corrected chi connectivity index (χ1v) is 6.81. The molecule has 0 unspecified atom stereocenters. The molecule has 0 aliphatic carbocycles. The Balaban J connectivity index is 1.88. The highest BCUT2D eigenvalue weighted by atomic mass is 16.5. The monoisotopic (exact) mass is 288 g/mol. The largest absolute Gasteiger partial charge is 0.459 e. The van der Waals surface area contributed by atoms with Crippen molar-refractivity contribution in [3.63, 3.8) is 0 Å². The van der Waals surface area contributed by atoms with Crippen LogP contribution in [0.1, 0.15) is 29.8 Å². The first kappa shape index (κ1) is 13.5. The van der Waals surface area contributed by atoms with Gasteiger partial charge in [0.15, 0.2) is 0 Å². The van der Waals surface area contributed by atoms with Crippen molar-refractivity contribution in [3.8, 4) is 5.75 Å². The van der Waals surface area contributed by atoms with Crippen molar-refractivity contribution in [2.75, 3.05) is 6.67 Å². The Hall–Kier alpha value is -2.50. The number of benzene rings is 1. The van der Waals surface area contributed by atoms with Gasteiger partial charge in [-0.1, -0.05) is 0 Å². The molecule has 0 spiro atoms. The van der Waals surface area contributed by atoms with E-state index in [4.69, 9.17) is 9.47 Å². The SMILES string of the molecule is CC(C)OC(=O)c1ccc2c(c1)CC1=C(NCNC1=O)O2. The molecule has 1 amide bonds. The van der Waals surface area contributed by atoms with Crippen molar-refractivity contribution in [1.82, 2.24) is 10.6 Å². The van der Waals surface area contributed by atoms with Crippen molar-refractivity contribution in [2.45, 2.75) is 26.4 Å². The molecule has 0 radical (unpaired) electrons. The average Bonchev–Trinajstić information content (AvgIpc) is 2.44. The zero-order valence-corrected chi connectivity index (χ0v) is 11.9. The van der Waals surface area contributed by atoms with E-state index in [-0.39, 0.29) is 18.0 Å². The maximum absolute atomic E-state index is 11.9. The van der Waals surface area contributed by atoms with Gasteiger partial charge < -0.3 is 20.1 Å². The fraction of sp³-hybridized carbons (Fsp3) is 0.333. The molecule has 0 saturated heterocycles. The molecule has 0 fully saturated rings. The van der Waals surface area contributed by atoms with Crippen LogP contribution in [-0.2, 0) is 16.0 Å². The summed E-state index contributed by atoms with van der Waals surface area (Å²) in [6, 6.07) is 5.11. The quantitative estimate of drug-likeness (QED) is 0.796. The van der Waals surface area contributed by atoms with Crippen LogP contribution in [-0.4, -0.2) is 24.6 Å². The number of carbonyl (C=O) groups is 2. The van der Waals surface area contributed by atoms with Gasteiger partial charge in [-0.15, -0.1) is 0 Å². The minimum Gasteiger partial charge on any atom is -0.459 e. The molecule has 0 saturated carbocycles. The van der Waals surface area contributed by atoms with Crippen LogP contribution in [0.4, 0.5) is 0 Å². The van der Waals surface area contributed by atoms with Crippen molar-refractivity contribution < 1.29 is 19.1 Å². The molecule has 1 aromatic rings. The maximum Gasteiger partial charge on any atom is 0.338 e. The second kappa shape index (κ2) is 5.12. The van der Waals surface area contributed by atoms with Crippen LogP contribution in [0, 0.1) is 0 Å². The lowest BCUT2D eigenvalue weighted by atomic mass is 9.99. The summed E-state index contributed by atoms with van der Waals surface area (Å²) in [7, 11) is 0. The molecule has 0 atom stereocenters. The van der Waals surface area contributed by atoms with Crippen molar-refractivity contribution in [1.29, 1.82) is 0 Å². The number of hydrogen-bond donors (Lipinski definition) is 2. The molecule has 0 aromatic heterocycles. The Labute approximate surface area is 122 Å². The van der Waals surface area contributed by atoms with Crippen LogP contribution < -0.4 is 15.4 Å². The van der Waals surface area contributed by atoms with Gasteiger partial charge in [-0.3, -0.25) is 4.79 Å². The maximum atomic E-state index is 11.9. The minimum atomic E-state index is -0.376. The molecule has 6 nitrogen and oxygen atoms in total. The molecule has 2 heterocycles. The van der Waals surface area contributed by atoms with Gasteiger partial charge in [0, 0.05) is 12.0 Å². The highest BCUT2D eigenvalue weighted by Gasteiger charge is 2.28. The van der Waals surface area contributed by atoms with Gasteiger partial charge in [0.25, 0.3) is 5.91 Å². The molecule has 2 N–H and O–H groups in total. The molecule has 110 valence electrons. The number of nitrogens with one attached hydrogen (secondary N) is 2. The fourth-order valence-corrected chi connectivity index (χ4v) is 2.31. The van der Waals surface area contributed by atoms with Gasteiger partial charge >= 0.3 is 5.97 Å². The smallest absolute Gasteiger partial charge is 0.338 e. The third-order valence-corrected chi connectivity index (χ3v) is 3.26. The van der Waals surface area contributed by atoms with Crippen LogP contribution in [0.2, 0.25) is 0 Å². The number of ether oxygens (including phenoxy) is 2. The van der Waals surface area contributed by atoms with E-state index in [1.54, 1.807) is 32.0 Å². The van der Waals surface area contributed by atoms with Crippen LogP contribution in [0.3, 0.4) is 0 Å². The van der Waals surface area contributed by atoms with Crippen molar-refractivity contribution in [3.05, 3.63) is 40.8 Å². The van der Waals surface area contributed by atoms with Gasteiger partial charge in [-0.05, 0) is 32.0 Å². The second-order valence-electron chi connectivity index (χ2n) is 5.22. The number of esters is 1. The lowest BCUT2D eigenvalue weighted by molar-refractivity contribution is -0.118. The summed E-state index contributed by atoms with van der Waals surface area (Å²) < 4.78 is 10.8. The summed E-state index contributed by atoms with van der Waals surface area (Å²) in [5.41, 5.74) is 1.80. The second-order valence-corrected chi connectivity index (χ2v) is 5.22. The fourth-order valence-electron chi connectivity index (χ4n) is 2.31. The topological polar surface area (TPSA) is 76.7 Å². The predicted molar refractivity (Wildman–Crippen MR) is 74.5 cm³/mol. The Bertz CT molecular complexity index is 649. The Kier molecular flexibility index (Phi) is 3.29. The third-order valence-electron chi connectivity index (χ3n) is 3.26. The van der Waals surface area contributed by atoms with Gasteiger partial charge in [-0.25, -0.2) is 4.79 Å². The van der Waals surface area contributed by atoms with Crippen molar-refractivity contribution in [2.24, 2.45) is 0 Å². The summed E-state index contributed by atoms with van der Waals surface area (Å²) in [6.45, 7) is 3.95. The summed E-state index contributed by atoms with van der Waals surface area (Å²) in [5, 5.41) is 5.69. The minimum absolute atomic E-state index is 0.149. The number of hydrogen-bond acceptors (Lipinski definition) is 5. The number of amides is 1. The van der Waals surface area contributed by atoms with E-state index in [1.165, 1.54) is 0 Å². The first-order valence-electron chi connectivity index (χ1n) is 6.81. The molecule has 6 heteroatoms. The van der Waals surface area contributed by atoms with E-state index in [0.29, 0.717) is 35.9 Å². The van der Waals surface area contributed by atoms with Gasteiger partial charge in [0.05, 0.1) is 23.9 Å². The summed E-state index contributed by atoms with van der Waals surface area (Å²) >= 11 is 0. The number of fused-ring (bicyclic) bond motifs is 1. The average molecular weight is 288 g/mol. The summed E-state index contributed by atoms with van der Waals surface area (Å²) in [5.74, 6) is 0.615. The summed E-state index contributed by atoms with van der Waals surface area (Å²) in [6.07, 6.45) is 0.249. The highest BCUT2D eigenvalue weighted by Crippen LogP contribution is 2.31. The van der Waals surface area contributed by atoms with E-state index >= 15 is 0 Å². The van der Waals surface area contributed by atoms with Crippen molar-refractivity contribution >= 4 is 11.9 Å². The van der Waals surface area contributed by atoms with E-state index in [2.05, 4.69) is 10.6 Å². The molecule has 3 rings (SSSR count). The Morgan fingerprint density at radius 3 is 2.90 bits per heavy atom. The highest BCUT2D eigenvalue weighted by molar-refractivity contribution is 5.96. The van der Waals surface area contributed by atoms with E-state index in [9.17, 15) is 9.59 Å². The van der Waals surface area contributed by atoms with Gasteiger partial charge in [0.1, 0.15) is 5.75 Å². The Morgan fingerprint density at radius 2 is 2.14 bits per heavy atom. The molecule has 21 heavy (non-hydrogen) atoms. The number of carbonyl (C=O) groups excluding carboxylic acids is 2. The molecular formula is C15H16N2O4. The lowest BCUT2D eigenvalue weighted by Crippen LogP contribution is -2.44. The van der Waals surface area contributed by atoms with E-state index < -0.39 is 0 Å². The van der Waals surface area contributed by atoms with Crippen LogP contribution in [0.5, 0.6) is 5.75 Å². The lowest BCUT2D eigenvalue weighted by Gasteiger charge is -2.27. The normalized spacial score (nSPS) is 16.4. The molecule has 2 aliphatic heterocycles. The zero-order valence-electron chi connectivity index (χ0n) is 11.9.